The van der Waals surface area contributed by atoms with Gasteiger partial charge in [-0.2, -0.15) is 0 Å². The fourth-order valence-electron chi connectivity index (χ4n) is 4.30. The van der Waals surface area contributed by atoms with E-state index < -0.39 is 0 Å². The highest BCUT2D eigenvalue weighted by Crippen LogP contribution is 2.29. The van der Waals surface area contributed by atoms with Crippen LogP contribution in [0.4, 0.5) is 0 Å². The number of nitrogens with zero attached hydrogens (tertiary/aromatic N) is 2. The normalized spacial score (nSPS) is 21.2. The first-order valence-electron chi connectivity index (χ1n) is 9.98. The number of benzene rings is 1. The minimum Gasteiger partial charge on any atom is -0.496 e. The predicted molar refractivity (Wildman–Crippen MR) is 106 cm³/mol. The SMILES string of the molecule is CCC1CCCCN1C(=O)C1CCN(C(=O)c2cc(Cl)ccc2OC)CC1. The minimum absolute atomic E-state index is 0.0301. The van der Waals surface area contributed by atoms with Crippen LogP contribution in [0.3, 0.4) is 0 Å². The van der Waals surface area contributed by atoms with Gasteiger partial charge in [-0.05, 0) is 56.7 Å². The van der Waals surface area contributed by atoms with Gasteiger partial charge >= 0.3 is 0 Å². The molecule has 2 aliphatic heterocycles. The van der Waals surface area contributed by atoms with E-state index in [-0.39, 0.29) is 17.7 Å². The van der Waals surface area contributed by atoms with Gasteiger partial charge in [0.1, 0.15) is 5.75 Å². The van der Waals surface area contributed by atoms with Crippen LogP contribution in [0.25, 0.3) is 0 Å². The van der Waals surface area contributed by atoms with Crippen LogP contribution in [0.15, 0.2) is 18.2 Å². The van der Waals surface area contributed by atoms with Crippen molar-refractivity contribution in [2.75, 3.05) is 26.7 Å². The van der Waals surface area contributed by atoms with Crippen molar-refractivity contribution in [3.05, 3.63) is 28.8 Å². The first-order chi connectivity index (χ1) is 13.0. The van der Waals surface area contributed by atoms with Gasteiger partial charge in [-0.1, -0.05) is 18.5 Å². The third-order valence-electron chi connectivity index (χ3n) is 5.90. The Morgan fingerprint density at radius 3 is 2.56 bits per heavy atom. The Balaban J connectivity index is 1.62. The lowest BCUT2D eigenvalue weighted by atomic mass is 9.91. The van der Waals surface area contributed by atoms with E-state index in [0.717, 1.165) is 38.6 Å². The quantitative estimate of drug-likeness (QED) is 0.778. The number of halogens is 1. The third kappa shape index (κ3) is 4.40. The molecule has 2 aliphatic rings. The molecule has 0 saturated carbocycles. The molecular formula is C21H29ClN2O3. The van der Waals surface area contributed by atoms with Crippen LogP contribution in [0.5, 0.6) is 5.75 Å². The van der Waals surface area contributed by atoms with E-state index >= 15 is 0 Å². The molecule has 2 heterocycles. The number of rotatable bonds is 4. The molecule has 0 radical (unpaired) electrons. The number of hydrogen-bond donors (Lipinski definition) is 0. The smallest absolute Gasteiger partial charge is 0.257 e. The predicted octanol–water partition coefficient (Wildman–Crippen LogP) is 3.99. The molecule has 1 unspecified atom stereocenters. The van der Waals surface area contributed by atoms with Crippen LogP contribution < -0.4 is 4.74 Å². The molecule has 1 atom stereocenters. The van der Waals surface area contributed by atoms with Gasteiger partial charge in [-0.25, -0.2) is 0 Å². The van der Waals surface area contributed by atoms with Crippen LogP contribution in [-0.2, 0) is 4.79 Å². The van der Waals surface area contributed by atoms with Crippen molar-refractivity contribution >= 4 is 23.4 Å². The van der Waals surface area contributed by atoms with E-state index in [0.29, 0.717) is 35.5 Å². The maximum atomic E-state index is 13.0. The largest absolute Gasteiger partial charge is 0.496 e. The van der Waals surface area contributed by atoms with Crippen molar-refractivity contribution in [2.45, 2.75) is 51.5 Å². The standard InChI is InChI=1S/C21H29ClN2O3/c1-3-17-6-4-5-11-24(17)20(25)15-9-12-23(13-10-15)21(26)18-14-16(22)7-8-19(18)27-2/h7-8,14-15,17H,3-6,9-13H2,1-2H3. The molecule has 27 heavy (non-hydrogen) atoms. The van der Waals surface area contributed by atoms with Crippen molar-refractivity contribution < 1.29 is 14.3 Å². The lowest BCUT2D eigenvalue weighted by Crippen LogP contribution is -2.49. The van der Waals surface area contributed by atoms with Crippen LogP contribution in [-0.4, -0.2) is 54.4 Å². The molecule has 5 nitrogen and oxygen atoms in total. The molecule has 0 bridgehead atoms. The maximum Gasteiger partial charge on any atom is 0.257 e. The summed E-state index contributed by atoms with van der Waals surface area (Å²) in [5.41, 5.74) is 0.483. The topological polar surface area (TPSA) is 49.9 Å². The monoisotopic (exact) mass is 392 g/mol. The van der Waals surface area contributed by atoms with E-state index in [1.54, 1.807) is 25.3 Å². The van der Waals surface area contributed by atoms with Crippen molar-refractivity contribution in [3.63, 3.8) is 0 Å². The lowest BCUT2D eigenvalue weighted by Gasteiger charge is -2.39. The summed E-state index contributed by atoms with van der Waals surface area (Å²) >= 11 is 6.06. The number of methoxy groups -OCH3 is 1. The Morgan fingerprint density at radius 2 is 1.89 bits per heavy atom. The van der Waals surface area contributed by atoms with Crippen LogP contribution >= 0.6 is 11.6 Å². The highest BCUT2D eigenvalue weighted by Gasteiger charge is 2.34. The summed E-state index contributed by atoms with van der Waals surface area (Å²) in [6.45, 7) is 4.23. The van der Waals surface area contributed by atoms with Crippen molar-refractivity contribution in [1.29, 1.82) is 0 Å². The van der Waals surface area contributed by atoms with Crippen molar-refractivity contribution in [3.8, 4) is 5.75 Å². The zero-order chi connectivity index (χ0) is 19.4. The van der Waals surface area contributed by atoms with Gasteiger partial charge in [0.2, 0.25) is 5.91 Å². The average Bonchev–Trinajstić information content (AvgIpc) is 2.72. The zero-order valence-corrected chi connectivity index (χ0v) is 17.0. The van der Waals surface area contributed by atoms with Crippen molar-refractivity contribution in [2.24, 2.45) is 5.92 Å². The second-order valence-electron chi connectivity index (χ2n) is 7.50. The number of likely N-dealkylation sites (tertiary alicyclic amines) is 2. The van der Waals surface area contributed by atoms with Gasteiger partial charge < -0.3 is 14.5 Å². The molecule has 0 aliphatic carbocycles. The summed E-state index contributed by atoms with van der Waals surface area (Å²) in [6.07, 6.45) is 5.91. The minimum atomic E-state index is -0.0790. The number of carbonyl (C=O) groups is 2. The van der Waals surface area contributed by atoms with Crippen LogP contribution in [0.1, 0.15) is 55.8 Å². The third-order valence-corrected chi connectivity index (χ3v) is 6.14. The Labute approximate surface area is 166 Å². The Kier molecular flexibility index (Phi) is 6.64. The molecule has 6 heteroatoms. The number of piperidine rings is 2. The van der Waals surface area contributed by atoms with E-state index in [9.17, 15) is 9.59 Å². The van der Waals surface area contributed by atoms with Gasteiger partial charge in [0, 0.05) is 36.6 Å². The average molecular weight is 393 g/mol. The lowest BCUT2D eigenvalue weighted by molar-refractivity contribution is -0.140. The molecule has 2 saturated heterocycles. The van der Waals surface area contributed by atoms with Crippen LogP contribution in [0, 0.1) is 5.92 Å². The Morgan fingerprint density at radius 1 is 1.15 bits per heavy atom. The maximum absolute atomic E-state index is 13.0. The zero-order valence-electron chi connectivity index (χ0n) is 16.2. The van der Waals surface area contributed by atoms with Gasteiger partial charge in [-0.3, -0.25) is 9.59 Å². The number of ether oxygens (including phenoxy) is 1. The second kappa shape index (κ2) is 8.96. The van der Waals surface area contributed by atoms with Crippen molar-refractivity contribution in [1.82, 2.24) is 9.80 Å². The molecule has 1 aromatic rings. The molecular weight excluding hydrogens is 364 g/mol. The molecule has 1 aromatic carbocycles. The first kappa shape index (κ1) is 20.0. The Bertz CT molecular complexity index is 686. The molecule has 3 rings (SSSR count). The van der Waals surface area contributed by atoms with E-state index in [2.05, 4.69) is 11.8 Å². The molecule has 148 valence electrons. The molecule has 0 N–H and O–H groups in total. The van der Waals surface area contributed by atoms with Gasteiger partial charge in [0.05, 0.1) is 12.7 Å². The molecule has 2 amide bonds. The summed E-state index contributed by atoms with van der Waals surface area (Å²) in [4.78, 5) is 29.8. The number of hydrogen-bond acceptors (Lipinski definition) is 3. The summed E-state index contributed by atoms with van der Waals surface area (Å²) in [7, 11) is 1.55. The summed E-state index contributed by atoms with van der Waals surface area (Å²) < 4.78 is 5.31. The Hall–Kier alpha value is -1.75. The molecule has 2 fully saturated rings. The van der Waals surface area contributed by atoms with Gasteiger partial charge in [-0.15, -0.1) is 0 Å². The molecule has 0 aromatic heterocycles. The summed E-state index contributed by atoms with van der Waals surface area (Å²) in [6, 6.07) is 5.47. The highest BCUT2D eigenvalue weighted by atomic mass is 35.5. The van der Waals surface area contributed by atoms with Gasteiger partial charge in [0.15, 0.2) is 0 Å². The van der Waals surface area contributed by atoms with E-state index in [4.69, 9.17) is 16.3 Å². The van der Waals surface area contributed by atoms with Crippen LogP contribution in [0.2, 0.25) is 5.02 Å². The fraction of sp³-hybridized carbons (Fsp3) is 0.619. The van der Waals surface area contributed by atoms with E-state index in [1.165, 1.54) is 6.42 Å². The van der Waals surface area contributed by atoms with Gasteiger partial charge in [0.25, 0.3) is 5.91 Å². The first-order valence-corrected chi connectivity index (χ1v) is 10.4. The number of carbonyl (C=O) groups excluding carboxylic acids is 2. The molecule has 0 spiro atoms. The summed E-state index contributed by atoms with van der Waals surface area (Å²) in [5, 5.41) is 0.514. The number of amides is 2. The second-order valence-corrected chi connectivity index (χ2v) is 7.94. The highest BCUT2D eigenvalue weighted by molar-refractivity contribution is 6.31. The fourth-order valence-corrected chi connectivity index (χ4v) is 4.47. The summed E-state index contributed by atoms with van der Waals surface area (Å²) in [5.74, 6) is 0.766. The van der Waals surface area contributed by atoms with E-state index in [1.807, 2.05) is 4.90 Å².